The molecule has 3 nitrogen and oxygen atoms in total. The minimum Gasteiger partial charge on any atom is -0.454 e. The molecular formula is C14H18O3. The Kier molecular flexibility index (Phi) is 2.48. The standard InChI is InChI=1S/C14H18O3/c1-14(2,3)13(15)7-5-10-4-6-11-12(8-10)17-9-16-11/h4-8,13,15H,9H2,1-3H3/b7-5+/i7D,13D. The predicted molar refractivity (Wildman–Crippen MR) is 67.1 cm³/mol. The largest absolute Gasteiger partial charge is 0.454 e. The molecule has 1 heterocycles. The first-order chi connectivity index (χ1) is 8.72. The van der Waals surface area contributed by atoms with Gasteiger partial charge in [-0.2, -0.15) is 0 Å². The van der Waals surface area contributed by atoms with Crippen LogP contribution in [0, 0.1) is 5.41 Å². The van der Waals surface area contributed by atoms with Crippen molar-refractivity contribution >= 4 is 6.08 Å². The van der Waals surface area contributed by atoms with Crippen LogP contribution in [0.2, 0.25) is 0 Å². The van der Waals surface area contributed by atoms with Crippen molar-refractivity contribution in [2.45, 2.75) is 26.9 Å². The molecule has 1 atom stereocenters. The van der Waals surface area contributed by atoms with Crippen molar-refractivity contribution in [2.75, 3.05) is 6.79 Å². The van der Waals surface area contributed by atoms with Gasteiger partial charge in [0.15, 0.2) is 11.5 Å². The topological polar surface area (TPSA) is 38.7 Å². The third kappa shape index (κ3) is 2.80. The average Bonchev–Trinajstić information content (AvgIpc) is 2.74. The quantitative estimate of drug-likeness (QED) is 0.858. The van der Waals surface area contributed by atoms with Crippen molar-refractivity contribution in [3.05, 3.63) is 29.8 Å². The molecule has 92 valence electrons. The van der Waals surface area contributed by atoms with Crippen molar-refractivity contribution in [3.63, 3.8) is 0 Å². The van der Waals surface area contributed by atoms with E-state index in [0.29, 0.717) is 17.1 Å². The molecule has 2 rings (SSSR count). The molecule has 0 spiro atoms. The lowest BCUT2D eigenvalue weighted by Gasteiger charge is -2.22. The molecule has 1 aliphatic rings. The molecule has 0 amide bonds. The maximum atomic E-state index is 10.1. The van der Waals surface area contributed by atoms with E-state index in [-0.39, 0.29) is 12.8 Å². The zero-order chi connectivity index (χ0) is 14.3. The molecule has 0 fully saturated rings. The summed E-state index contributed by atoms with van der Waals surface area (Å²) < 4.78 is 26.3. The van der Waals surface area contributed by atoms with Crippen molar-refractivity contribution < 1.29 is 17.3 Å². The van der Waals surface area contributed by atoms with Gasteiger partial charge in [-0.05, 0) is 23.1 Å². The van der Waals surface area contributed by atoms with Crippen molar-refractivity contribution in [3.8, 4) is 11.5 Å². The molecule has 0 saturated carbocycles. The second-order valence-corrected chi connectivity index (χ2v) is 5.00. The molecule has 1 aliphatic heterocycles. The van der Waals surface area contributed by atoms with Gasteiger partial charge in [0.25, 0.3) is 0 Å². The minimum atomic E-state index is -1.94. The summed E-state index contributed by atoms with van der Waals surface area (Å²) >= 11 is 0. The molecule has 1 aromatic rings. The number of ether oxygens (including phenoxy) is 2. The average molecular weight is 236 g/mol. The molecule has 17 heavy (non-hydrogen) atoms. The van der Waals surface area contributed by atoms with E-state index in [2.05, 4.69) is 0 Å². The van der Waals surface area contributed by atoms with Crippen molar-refractivity contribution in [1.29, 1.82) is 0 Å². The summed E-state index contributed by atoms with van der Waals surface area (Å²) in [6.07, 6.45) is -0.469. The first-order valence-corrected chi connectivity index (χ1v) is 5.52. The van der Waals surface area contributed by atoms with Crippen molar-refractivity contribution in [2.24, 2.45) is 5.41 Å². The highest BCUT2D eigenvalue weighted by Crippen LogP contribution is 2.33. The Bertz CT molecular complexity index is 516. The number of benzene rings is 1. The minimum absolute atomic E-state index is 0.154. The Hall–Kier alpha value is -1.48. The van der Waals surface area contributed by atoms with Crippen LogP contribution in [0.25, 0.3) is 6.08 Å². The molecule has 0 aromatic heterocycles. The van der Waals surface area contributed by atoms with Crippen LogP contribution in [0.5, 0.6) is 11.5 Å². The maximum absolute atomic E-state index is 10.1. The van der Waals surface area contributed by atoms with Crippen LogP contribution in [-0.2, 0) is 0 Å². The third-order valence-electron chi connectivity index (χ3n) is 2.48. The van der Waals surface area contributed by atoms with Gasteiger partial charge in [0.05, 0.1) is 8.82 Å². The maximum Gasteiger partial charge on any atom is 0.231 e. The van der Waals surface area contributed by atoms with E-state index in [9.17, 15) is 5.11 Å². The molecular weight excluding hydrogens is 216 g/mol. The van der Waals surface area contributed by atoms with Gasteiger partial charge in [-0.25, -0.2) is 0 Å². The van der Waals surface area contributed by atoms with E-state index in [4.69, 9.17) is 12.2 Å². The van der Waals surface area contributed by atoms with E-state index in [1.54, 1.807) is 39.0 Å². The predicted octanol–water partition coefficient (Wildman–Crippen LogP) is 2.84. The Morgan fingerprint density at radius 3 is 2.82 bits per heavy atom. The molecule has 0 saturated heterocycles. The fourth-order valence-electron chi connectivity index (χ4n) is 1.37. The molecule has 3 heteroatoms. The number of fused-ring (bicyclic) bond motifs is 1. The Morgan fingerprint density at radius 1 is 1.41 bits per heavy atom. The zero-order valence-corrected chi connectivity index (χ0v) is 10.3. The first kappa shape index (κ1) is 9.54. The SMILES string of the molecule is [2H]/C(=C\c1ccc2c(c1)OCO2)C([2H])(O)C(C)(C)C. The lowest BCUT2D eigenvalue weighted by atomic mass is 9.89. The lowest BCUT2D eigenvalue weighted by molar-refractivity contribution is 0.106. The van der Waals surface area contributed by atoms with Crippen molar-refractivity contribution in [1.82, 2.24) is 0 Å². The van der Waals surface area contributed by atoms with Gasteiger partial charge < -0.3 is 14.6 Å². The molecule has 1 N–H and O–H groups in total. The second-order valence-electron chi connectivity index (χ2n) is 5.00. The van der Waals surface area contributed by atoms with Gasteiger partial charge in [0, 0.05) is 0 Å². The fraction of sp³-hybridized carbons (Fsp3) is 0.429. The molecule has 1 aromatic carbocycles. The summed E-state index contributed by atoms with van der Waals surface area (Å²) in [6, 6.07) is 5.09. The van der Waals surface area contributed by atoms with Crippen LogP contribution < -0.4 is 9.47 Å². The van der Waals surface area contributed by atoms with E-state index in [1.807, 2.05) is 0 Å². The van der Waals surface area contributed by atoms with E-state index in [0.717, 1.165) is 0 Å². The number of aliphatic hydroxyl groups is 1. The van der Waals surface area contributed by atoms with Gasteiger partial charge >= 0.3 is 0 Å². The van der Waals surface area contributed by atoms with E-state index >= 15 is 0 Å². The summed E-state index contributed by atoms with van der Waals surface area (Å²) in [4.78, 5) is 0. The summed E-state index contributed by atoms with van der Waals surface area (Å²) in [6.45, 7) is 5.37. The Balaban J connectivity index is 2.31. The number of rotatable bonds is 2. The number of hydrogen-bond acceptors (Lipinski definition) is 3. The van der Waals surface area contributed by atoms with Crippen LogP contribution >= 0.6 is 0 Å². The van der Waals surface area contributed by atoms with Gasteiger partial charge in [-0.1, -0.05) is 39.0 Å². The molecule has 0 radical (unpaired) electrons. The molecule has 0 aliphatic carbocycles. The van der Waals surface area contributed by atoms with E-state index in [1.165, 1.54) is 6.08 Å². The second kappa shape index (κ2) is 4.41. The molecule has 0 bridgehead atoms. The summed E-state index contributed by atoms with van der Waals surface area (Å²) in [5.74, 6) is 1.28. The first-order valence-electron chi connectivity index (χ1n) is 6.52. The fourth-order valence-corrected chi connectivity index (χ4v) is 1.37. The Labute approximate surface area is 104 Å². The van der Waals surface area contributed by atoms with Crippen LogP contribution in [0.15, 0.2) is 24.3 Å². The monoisotopic (exact) mass is 236 g/mol. The Morgan fingerprint density at radius 2 is 2.12 bits per heavy atom. The highest BCUT2D eigenvalue weighted by atomic mass is 16.7. The van der Waals surface area contributed by atoms with Crippen LogP contribution in [0.3, 0.4) is 0 Å². The third-order valence-corrected chi connectivity index (χ3v) is 2.48. The smallest absolute Gasteiger partial charge is 0.231 e. The number of hydrogen-bond donors (Lipinski definition) is 1. The van der Waals surface area contributed by atoms with Crippen LogP contribution in [0.4, 0.5) is 0 Å². The lowest BCUT2D eigenvalue weighted by Crippen LogP contribution is -2.23. The molecule has 1 unspecified atom stereocenters. The summed E-state index contributed by atoms with van der Waals surface area (Å²) in [7, 11) is 0. The van der Waals surface area contributed by atoms with Gasteiger partial charge in [-0.3, -0.25) is 0 Å². The van der Waals surface area contributed by atoms with E-state index < -0.39 is 11.5 Å². The highest BCUT2D eigenvalue weighted by molar-refractivity contribution is 5.56. The highest BCUT2D eigenvalue weighted by Gasteiger charge is 2.19. The van der Waals surface area contributed by atoms with Gasteiger partial charge in [0.2, 0.25) is 6.79 Å². The summed E-state index contributed by atoms with van der Waals surface area (Å²) in [5.41, 5.74) is -0.0409. The summed E-state index contributed by atoms with van der Waals surface area (Å²) in [5, 5.41) is 10.1. The van der Waals surface area contributed by atoms with Gasteiger partial charge in [-0.15, -0.1) is 0 Å². The van der Waals surface area contributed by atoms with Crippen LogP contribution in [-0.4, -0.2) is 18.0 Å². The normalized spacial score (nSPS) is 20.6. The van der Waals surface area contributed by atoms with Crippen LogP contribution in [0.1, 0.15) is 29.1 Å². The van der Waals surface area contributed by atoms with Gasteiger partial charge in [0.1, 0.15) is 0 Å². The zero-order valence-electron chi connectivity index (χ0n) is 12.3.